The van der Waals surface area contributed by atoms with Gasteiger partial charge in [0.15, 0.2) is 0 Å². The molecule has 1 N–H and O–H groups in total. The number of hydrogen-bond donors (Lipinski definition) is 1. The first-order chi connectivity index (χ1) is 9.47. The molecule has 2 rings (SSSR count). The molecule has 20 heavy (non-hydrogen) atoms. The second kappa shape index (κ2) is 6.19. The van der Waals surface area contributed by atoms with Crippen molar-refractivity contribution < 1.29 is 4.92 Å². The zero-order valence-corrected chi connectivity index (χ0v) is 12.9. The van der Waals surface area contributed by atoms with Crippen molar-refractivity contribution in [2.75, 3.05) is 5.32 Å². The van der Waals surface area contributed by atoms with E-state index in [2.05, 4.69) is 26.2 Å². The van der Waals surface area contributed by atoms with Crippen LogP contribution in [0.15, 0.2) is 41.0 Å². The highest BCUT2D eigenvalue weighted by Gasteiger charge is 2.13. The monoisotopic (exact) mass is 355 g/mol. The topological polar surface area (TPSA) is 68.1 Å². The maximum atomic E-state index is 10.7. The van der Waals surface area contributed by atoms with Crippen LogP contribution in [0.25, 0.3) is 0 Å². The summed E-state index contributed by atoms with van der Waals surface area (Å²) in [5.41, 5.74) is 0.947. The highest BCUT2D eigenvalue weighted by atomic mass is 79.9. The molecule has 1 heterocycles. The molecule has 0 fully saturated rings. The Morgan fingerprint density at radius 2 is 2.20 bits per heavy atom. The Kier molecular flexibility index (Phi) is 4.57. The number of hydrogen-bond acceptors (Lipinski definition) is 4. The number of benzene rings is 1. The molecule has 1 aromatic heterocycles. The average molecular weight is 357 g/mol. The van der Waals surface area contributed by atoms with Crippen molar-refractivity contribution in [2.24, 2.45) is 0 Å². The van der Waals surface area contributed by atoms with Crippen LogP contribution < -0.4 is 5.32 Å². The molecule has 1 aromatic carbocycles. The van der Waals surface area contributed by atoms with Crippen molar-refractivity contribution >= 4 is 39.0 Å². The van der Waals surface area contributed by atoms with Gasteiger partial charge in [-0.25, -0.2) is 4.98 Å². The van der Waals surface area contributed by atoms with Crippen LogP contribution in [-0.2, 0) is 0 Å². The predicted molar refractivity (Wildman–Crippen MR) is 82.1 cm³/mol. The molecule has 0 radical (unpaired) electrons. The average Bonchev–Trinajstić information content (AvgIpc) is 2.40. The third-order valence-electron chi connectivity index (χ3n) is 2.74. The lowest BCUT2D eigenvalue weighted by Gasteiger charge is -2.16. The van der Waals surface area contributed by atoms with Crippen LogP contribution in [0, 0.1) is 10.1 Å². The molecule has 1 unspecified atom stereocenters. The van der Waals surface area contributed by atoms with Crippen LogP contribution in [0.3, 0.4) is 0 Å². The molecule has 0 saturated carbocycles. The van der Waals surface area contributed by atoms with E-state index < -0.39 is 4.92 Å². The molecule has 5 nitrogen and oxygen atoms in total. The van der Waals surface area contributed by atoms with Gasteiger partial charge in [-0.15, -0.1) is 0 Å². The molecular weight excluding hydrogens is 346 g/mol. The van der Waals surface area contributed by atoms with Gasteiger partial charge in [0, 0.05) is 11.1 Å². The van der Waals surface area contributed by atoms with Crippen molar-refractivity contribution in [3.63, 3.8) is 0 Å². The van der Waals surface area contributed by atoms with Crippen molar-refractivity contribution in [2.45, 2.75) is 13.0 Å². The van der Waals surface area contributed by atoms with Gasteiger partial charge in [-0.05, 0) is 40.5 Å². The van der Waals surface area contributed by atoms with Crippen LogP contribution >= 0.6 is 27.5 Å². The summed E-state index contributed by atoms with van der Waals surface area (Å²) >= 11 is 9.23. The molecule has 104 valence electrons. The minimum atomic E-state index is -0.484. The second-order valence-electron chi connectivity index (χ2n) is 4.20. The zero-order chi connectivity index (χ0) is 14.7. The second-order valence-corrected chi connectivity index (χ2v) is 5.49. The highest BCUT2D eigenvalue weighted by molar-refractivity contribution is 9.10. The van der Waals surface area contributed by atoms with Crippen molar-refractivity contribution in [1.82, 2.24) is 4.98 Å². The summed E-state index contributed by atoms with van der Waals surface area (Å²) in [7, 11) is 0. The standard InChI is InChI=1S/C13H11BrClN3O2/c1-8(9-3-2-4-10(15)5-9)17-13-12(14)6-11(7-16-13)18(19)20/h2-8H,1H3,(H,16,17). The number of nitrogens with zero attached hydrogens (tertiary/aromatic N) is 2. The number of pyridine rings is 1. The summed E-state index contributed by atoms with van der Waals surface area (Å²) in [4.78, 5) is 14.2. The SMILES string of the molecule is CC(Nc1ncc([N+](=O)[O-])cc1Br)c1cccc(Cl)c1. The molecular formula is C13H11BrClN3O2. The lowest BCUT2D eigenvalue weighted by Crippen LogP contribution is -2.08. The largest absolute Gasteiger partial charge is 0.363 e. The lowest BCUT2D eigenvalue weighted by molar-refractivity contribution is -0.385. The van der Waals surface area contributed by atoms with E-state index in [-0.39, 0.29) is 11.7 Å². The summed E-state index contributed by atoms with van der Waals surface area (Å²) in [6.07, 6.45) is 1.22. The molecule has 7 heteroatoms. The van der Waals surface area contributed by atoms with Crippen LogP contribution in [0.5, 0.6) is 0 Å². The van der Waals surface area contributed by atoms with Crippen LogP contribution in [0.4, 0.5) is 11.5 Å². The molecule has 2 aromatic rings. The summed E-state index contributed by atoms with van der Waals surface area (Å²) in [5, 5.41) is 14.5. The van der Waals surface area contributed by atoms with E-state index in [4.69, 9.17) is 11.6 Å². The summed E-state index contributed by atoms with van der Waals surface area (Å²) in [6, 6.07) is 8.87. The normalized spacial score (nSPS) is 11.9. The lowest BCUT2D eigenvalue weighted by atomic mass is 10.1. The fraction of sp³-hybridized carbons (Fsp3) is 0.154. The molecule has 0 amide bonds. The van der Waals surface area contributed by atoms with E-state index in [0.29, 0.717) is 15.3 Å². The maximum Gasteiger partial charge on any atom is 0.288 e. The van der Waals surface area contributed by atoms with E-state index >= 15 is 0 Å². The van der Waals surface area contributed by atoms with Gasteiger partial charge in [-0.1, -0.05) is 23.7 Å². The van der Waals surface area contributed by atoms with E-state index in [1.54, 1.807) is 6.07 Å². The van der Waals surface area contributed by atoms with Gasteiger partial charge in [-0.2, -0.15) is 0 Å². The fourth-order valence-corrected chi connectivity index (χ4v) is 2.35. The first-order valence-corrected chi connectivity index (χ1v) is 6.96. The van der Waals surface area contributed by atoms with Gasteiger partial charge in [0.1, 0.15) is 12.0 Å². The number of nitrogens with one attached hydrogen (secondary N) is 1. The first kappa shape index (κ1) is 14.7. The summed E-state index contributed by atoms with van der Waals surface area (Å²) in [5.74, 6) is 0.545. The predicted octanol–water partition coefficient (Wildman–Crippen LogP) is 4.58. The molecule has 0 saturated heterocycles. The summed E-state index contributed by atoms with van der Waals surface area (Å²) in [6.45, 7) is 1.96. The summed E-state index contributed by atoms with van der Waals surface area (Å²) < 4.78 is 0.542. The van der Waals surface area contributed by atoms with Gasteiger partial charge in [0.25, 0.3) is 5.69 Å². The number of halogens is 2. The molecule has 0 spiro atoms. The number of rotatable bonds is 4. The van der Waals surface area contributed by atoms with Crippen LogP contribution in [-0.4, -0.2) is 9.91 Å². The van der Waals surface area contributed by atoms with Gasteiger partial charge >= 0.3 is 0 Å². The van der Waals surface area contributed by atoms with E-state index in [1.165, 1.54) is 12.3 Å². The van der Waals surface area contributed by atoms with E-state index in [9.17, 15) is 10.1 Å². The Bertz CT molecular complexity index is 651. The molecule has 0 bridgehead atoms. The Morgan fingerprint density at radius 3 is 2.80 bits per heavy atom. The fourth-order valence-electron chi connectivity index (χ4n) is 1.70. The number of anilines is 1. The quantitative estimate of drug-likeness (QED) is 0.643. The Labute approximate surface area is 129 Å². The molecule has 0 aliphatic carbocycles. The Balaban J connectivity index is 2.19. The van der Waals surface area contributed by atoms with Crippen molar-refractivity contribution in [1.29, 1.82) is 0 Å². The van der Waals surface area contributed by atoms with Gasteiger partial charge in [0.2, 0.25) is 0 Å². The Hall–Kier alpha value is -1.66. The smallest absolute Gasteiger partial charge is 0.288 e. The van der Waals surface area contributed by atoms with Crippen molar-refractivity contribution in [3.8, 4) is 0 Å². The highest BCUT2D eigenvalue weighted by Crippen LogP contribution is 2.28. The van der Waals surface area contributed by atoms with Gasteiger partial charge in [0.05, 0.1) is 15.4 Å². The molecule has 0 aliphatic heterocycles. The van der Waals surface area contributed by atoms with Crippen LogP contribution in [0.1, 0.15) is 18.5 Å². The number of aromatic nitrogens is 1. The van der Waals surface area contributed by atoms with Gasteiger partial charge < -0.3 is 5.32 Å². The van der Waals surface area contributed by atoms with E-state index in [1.807, 2.05) is 25.1 Å². The zero-order valence-electron chi connectivity index (χ0n) is 10.5. The van der Waals surface area contributed by atoms with Crippen LogP contribution in [0.2, 0.25) is 5.02 Å². The molecule has 1 atom stereocenters. The van der Waals surface area contributed by atoms with E-state index in [0.717, 1.165) is 5.56 Å². The maximum absolute atomic E-state index is 10.7. The number of nitro groups is 1. The van der Waals surface area contributed by atoms with Gasteiger partial charge in [-0.3, -0.25) is 10.1 Å². The third-order valence-corrected chi connectivity index (χ3v) is 3.58. The minimum absolute atomic E-state index is 0.0287. The minimum Gasteiger partial charge on any atom is -0.363 e. The molecule has 0 aliphatic rings. The first-order valence-electron chi connectivity index (χ1n) is 5.79. The third kappa shape index (κ3) is 3.46. The Morgan fingerprint density at radius 1 is 1.45 bits per heavy atom. The van der Waals surface area contributed by atoms with Crippen molar-refractivity contribution in [3.05, 3.63) is 61.7 Å².